The second kappa shape index (κ2) is 7.61. The van der Waals surface area contributed by atoms with E-state index in [1.165, 1.54) is 39.4 Å². The Labute approximate surface area is 160 Å². The highest BCUT2D eigenvalue weighted by Gasteiger charge is 2.25. The van der Waals surface area contributed by atoms with Crippen LogP contribution in [0.2, 0.25) is 0 Å². The summed E-state index contributed by atoms with van der Waals surface area (Å²) < 4.78 is 56.0. The smallest absolute Gasteiger partial charge is 0.265 e. The molecule has 2 aromatic rings. The fourth-order valence-corrected chi connectivity index (χ4v) is 5.97. The lowest BCUT2D eigenvalue weighted by molar-refractivity contribution is 0.424. The number of anilines is 1. The minimum atomic E-state index is -3.79. The van der Waals surface area contributed by atoms with Crippen molar-refractivity contribution < 1.29 is 16.8 Å². The van der Waals surface area contributed by atoms with Crippen molar-refractivity contribution in [3.05, 3.63) is 36.2 Å². The maximum absolute atomic E-state index is 12.8. The topological polar surface area (TPSA) is 101 Å². The molecule has 8 nitrogen and oxygen atoms in total. The van der Waals surface area contributed by atoms with Gasteiger partial charge in [-0.2, -0.15) is 9.40 Å². The van der Waals surface area contributed by atoms with Gasteiger partial charge >= 0.3 is 0 Å². The number of aromatic nitrogens is 2. The van der Waals surface area contributed by atoms with Gasteiger partial charge in [0.2, 0.25) is 10.0 Å². The Morgan fingerprint density at radius 3 is 2.07 bits per heavy atom. The van der Waals surface area contributed by atoms with Crippen molar-refractivity contribution in [3.8, 4) is 0 Å². The van der Waals surface area contributed by atoms with Crippen LogP contribution < -0.4 is 4.72 Å². The Morgan fingerprint density at radius 1 is 0.963 bits per heavy atom. The summed E-state index contributed by atoms with van der Waals surface area (Å²) in [4.78, 5) is 0.260. The SMILES string of the molecule is Cc1nn(C)cc1S(=O)(=O)Nc1ccc(S(=O)(=O)N2CCCCCC2)cc1. The largest absolute Gasteiger partial charge is 0.280 e. The van der Waals surface area contributed by atoms with Crippen LogP contribution in [0.25, 0.3) is 0 Å². The van der Waals surface area contributed by atoms with E-state index in [-0.39, 0.29) is 9.79 Å². The third kappa shape index (κ3) is 4.33. The van der Waals surface area contributed by atoms with Crippen molar-refractivity contribution in [2.75, 3.05) is 17.8 Å². The van der Waals surface area contributed by atoms with Gasteiger partial charge in [0.1, 0.15) is 4.90 Å². The first-order valence-electron chi connectivity index (χ1n) is 8.83. The zero-order chi connectivity index (χ0) is 19.7. The second-order valence-electron chi connectivity index (χ2n) is 6.70. The predicted molar refractivity (Wildman–Crippen MR) is 102 cm³/mol. The van der Waals surface area contributed by atoms with Crippen LogP contribution in [0.15, 0.2) is 40.3 Å². The second-order valence-corrected chi connectivity index (χ2v) is 10.3. The first-order valence-corrected chi connectivity index (χ1v) is 11.8. The molecule has 1 aromatic heterocycles. The molecular weight excluding hydrogens is 388 g/mol. The number of hydrogen-bond donors (Lipinski definition) is 1. The lowest BCUT2D eigenvalue weighted by Gasteiger charge is -2.20. The number of benzene rings is 1. The Kier molecular flexibility index (Phi) is 5.59. The normalized spacial score (nSPS) is 16.8. The van der Waals surface area contributed by atoms with Gasteiger partial charge in [-0.05, 0) is 44.0 Å². The molecule has 3 rings (SSSR count). The Balaban J connectivity index is 1.80. The average Bonchev–Trinajstić information content (AvgIpc) is 2.81. The third-order valence-electron chi connectivity index (χ3n) is 4.57. The Bertz CT molecular complexity index is 1000. The maximum atomic E-state index is 12.8. The first-order chi connectivity index (χ1) is 12.7. The van der Waals surface area contributed by atoms with Gasteiger partial charge in [0.15, 0.2) is 0 Å². The van der Waals surface area contributed by atoms with E-state index in [1.54, 1.807) is 14.0 Å². The van der Waals surface area contributed by atoms with Crippen molar-refractivity contribution in [1.82, 2.24) is 14.1 Å². The van der Waals surface area contributed by atoms with Crippen LogP contribution in [0.4, 0.5) is 5.69 Å². The molecule has 0 radical (unpaired) electrons. The minimum Gasteiger partial charge on any atom is -0.280 e. The summed E-state index contributed by atoms with van der Waals surface area (Å²) in [5.74, 6) is 0. The van der Waals surface area contributed by atoms with Crippen molar-refractivity contribution in [2.24, 2.45) is 7.05 Å². The molecule has 0 aliphatic carbocycles. The molecule has 0 atom stereocenters. The molecule has 148 valence electrons. The maximum Gasteiger partial charge on any atom is 0.265 e. The van der Waals surface area contributed by atoms with Crippen molar-refractivity contribution in [3.63, 3.8) is 0 Å². The molecule has 0 amide bonds. The van der Waals surface area contributed by atoms with Gasteiger partial charge < -0.3 is 0 Å². The summed E-state index contributed by atoms with van der Waals surface area (Å²) in [5, 5.41) is 4.04. The number of sulfonamides is 2. The van der Waals surface area contributed by atoms with Crippen LogP contribution in [-0.2, 0) is 27.1 Å². The van der Waals surface area contributed by atoms with Crippen LogP contribution in [-0.4, -0.2) is 44.0 Å². The number of nitrogens with zero attached hydrogens (tertiary/aromatic N) is 3. The van der Waals surface area contributed by atoms with Gasteiger partial charge in [-0.1, -0.05) is 12.8 Å². The van der Waals surface area contributed by atoms with Crippen LogP contribution >= 0.6 is 0 Å². The minimum absolute atomic E-state index is 0.0891. The average molecular weight is 413 g/mol. The van der Waals surface area contributed by atoms with E-state index in [2.05, 4.69) is 9.82 Å². The van der Waals surface area contributed by atoms with Gasteiger partial charge in [0.25, 0.3) is 10.0 Å². The van der Waals surface area contributed by atoms with Crippen LogP contribution in [0.1, 0.15) is 31.4 Å². The lowest BCUT2D eigenvalue weighted by atomic mass is 10.2. The molecule has 1 aliphatic rings. The number of hydrogen-bond acceptors (Lipinski definition) is 5. The van der Waals surface area contributed by atoms with Gasteiger partial charge in [-0.15, -0.1) is 0 Å². The fraction of sp³-hybridized carbons (Fsp3) is 0.471. The highest BCUT2D eigenvalue weighted by molar-refractivity contribution is 7.92. The quantitative estimate of drug-likeness (QED) is 0.810. The van der Waals surface area contributed by atoms with Crippen molar-refractivity contribution in [1.29, 1.82) is 0 Å². The number of nitrogens with one attached hydrogen (secondary N) is 1. The fourth-order valence-electron chi connectivity index (χ4n) is 3.18. The van der Waals surface area contributed by atoms with E-state index in [4.69, 9.17) is 0 Å². The van der Waals surface area contributed by atoms with E-state index in [0.717, 1.165) is 25.7 Å². The zero-order valence-electron chi connectivity index (χ0n) is 15.4. The molecular formula is C17H24N4O4S2. The van der Waals surface area contributed by atoms with Gasteiger partial charge in [0.05, 0.1) is 10.6 Å². The predicted octanol–water partition coefficient (Wildman–Crippen LogP) is 2.09. The van der Waals surface area contributed by atoms with E-state index < -0.39 is 20.0 Å². The van der Waals surface area contributed by atoms with E-state index in [9.17, 15) is 16.8 Å². The van der Waals surface area contributed by atoms with E-state index in [1.807, 2.05) is 0 Å². The standard InChI is InChI=1S/C17H24N4O4S2/c1-14-17(13-20(2)18-14)26(22,23)19-15-7-9-16(10-8-15)27(24,25)21-11-5-3-4-6-12-21/h7-10,13,19H,3-6,11-12H2,1-2H3. The highest BCUT2D eigenvalue weighted by Crippen LogP contribution is 2.23. The summed E-state index contributed by atoms with van der Waals surface area (Å²) in [6.45, 7) is 2.67. The van der Waals surface area contributed by atoms with E-state index >= 15 is 0 Å². The molecule has 0 bridgehead atoms. The Morgan fingerprint density at radius 2 is 1.56 bits per heavy atom. The van der Waals surface area contributed by atoms with Gasteiger partial charge in [0, 0.05) is 32.0 Å². The molecule has 27 heavy (non-hydrogen) atoms. The molecule has 1 N–H and O–H groups in total. The van der Waals surface area contributed by atoms with Crippen LogP contribution in [0, 0.1) is 6.92 Å². The van der Waals surface area contributed by atoms with E-state index in [0.29, 0.717) is 24.5 Å². The molecule has 1 aliphatic heterocycles. The van der Waals surface area contributed by atoms with Gasteiger partial charge in [-0.3, -0.25) is 9.40 Å². The monoisotopic (exact) mass is 412 g/mol. The molecule has 10 heteroatoms. The summed E-state index contributed by atoms with van der Waals surface area (Å²) in [6.07, 6.45) is 5.24. The van der Waals surface area contributed by atoms with Gasteiger partial charge in [-0.25, -0.2) is 16.8 Å². The Hall–Kier alpha value is -1.91. The summed E-state index contributed by atoms with van der Waals surface area (Å²) >= 11 is 0. The lowest BCUT2D eigenvalue weighted by Crippen LogP contribution is -2.31. The molecule has 1 saturated heterocycles. The van der Waals surface area contributed by atoms with Crippen molar-refractivity contribution >= 4 is 25.7 Å². The van der Waals surface area contributed by atoms with Crippen molar-refractivity contribution in [2.45, 2.75) is 42.4 Å². The zero-order valence-corrected chi connectivity index (χ0v) is 17.1. The number of rotatable bonds is 5. The molecule has 1 aromatic carbocycles. The molecule has 0 unspecified atom stereocenters. The summed E-state index contributed by atoms with van der Waals surface area (Å²) in [7, 11) is -5.70. The molecule has 2 heterocycles. The third-order valence-corrected chi connectivity index (χ3v) is 7.96. The van der Waals surface area contributed by atoms with Crippen LogP contribution in [0.3, 0.4) is 0 Å². The molecule has 0 spiro atoms. The summed E-state index contributed by atoms with van der Waals surface area (Å²) in [5.41, 5.74) is 0.693. The highest BCUT2D eigenvalue weighted by atomic mass is 32.2. The molecule has 0 saturated carbocycles. The molecule has 1 fully saturated rings. The first kappa shape index (κ1) is 19.8. The summed E-state index contributed by atoms with van der Waals surface area (Å²) in [6, 6.07) is 5.81. The van der Waals surface area contributed by atoms with Crippen LogP contribution in [0.5, 0.6) is 0 Å². The number of aryl methyl sites for hydroxylation is 2.